The minimum atomic E-state index is -1.01. The van der Waals surface area contributed by atoms with Crippen molar-refractivity contribution in [2.45, 2.75) is 18.4 Å². The lowest BCUT2D eigenvalue weighted by Gasteiger charge is -2.29. The maximum atomic E-state index is 12.5. The molecule has 0 bridgehead atoms. The molecule has 1 atom stereocenters. The number of benzene rings is 1. The maximum Gasteiger partial charge on any atom is 0.336 e. The first-order valence-corrected chi connectivity index (χ1v) is 6.81. The van der Waals surface area contributed by atoms with Crippen molar-refractivity contribution in [1.82, 2.24) is 9.55 Å². The molecular formula is C15H12ClN3O2. The van der Waals surface area contributed by atoms with E-state index in [0.29, 0.717) is 29.0 Å². The van der Waals surface area contributed by atoms with Gasteiger partial charge in [-0.2, -0.15) is 5.26 Å². The van der Waals surface area contributed by atoms with Crippen LogP contribution in [0, 0.1) is 11.3 Å². The number of esters is 1. The number of ether oxygens (including phenoxy) is 1. The number of nitriles is 1. The minimum absolute atomic E-state index is 0.376. The van der Waals surface area contributed by atoms with Gasteiger partial charge in [0.15, 0.2) is 5.54 Å². The molecule has 2 aromatic rings. The SMILES string of the molecule is COC(=O)[C@@]1(c2ccc(C#N)cc2Cl)CCc2cncn21. The predicted octanol–water partition coefficient (Wildman–Crippen LogP) is 2.27. The van der Waals surface area contributed by atoms with Gasteiger partial charge in [0, 0.05) is 22.5 Å². The van der Waals surface area contributed by atoms with Crippen molar-refractivity contribution < 1.29 is 9.53 Å². The number of hydrogen-bond donors (Lipinski definition) is 0. The molecule has 0 radical (unpaired) electrons. The van der Waals surface area contributed by atoms with Crippen molar-refractivity contribution in [3.63, 3.8) is 0 Å². The second-order valence-electron chi connectivity index (χ2n) is 4.91. The van der Waals surface area contributed by atoms with E-state index >= 15 is 0 Å². The molecule has 2 heterocycles. The van der Waals surface area contributed by atoms with Crippen LogP contribution in [-0.4, -0.2) is 22.6 Å². The van der Waals surface area contributed by atoms with E-state index in [4.69, 9.17) is 21.6 Å². The molecular weight excluding hydrogens is 290 g/mol. The summed E-state index contributed by atoms with van der Waals surface area (Å²) in [5.41, 5.74) is 1.03. The Morgan fingerprint density at radius 3 is 3.05 bits per heavy atom. The first kappa shape index (κ1) is 13.7. The summed E-state index contributed by atoms with van der Waals surface area (Å²) < 4.78 is 6.83. The Hall–Kier alpha value is -2.32. The lowest BCUT2D eigenvalue weighted by molar-refractivity contribution is -0.148. The summed E-state index contributed by atoms with van der Waals surface area (Å²) in [6.07, 6.45) is 4.63. The number of hydrogen-bond acceptors (Lipinski definition) is 4. The number of carbonyl (C=O) groups excluding carboxylic acids is 1. The van der Waals surface area contributed by atoms with Crippen LogP contribution >= 0.6 is 11.6 Å². The Bertz CT molecular complexity index is 763. The van der Waals surface area contributed by atoms with E-state index < -0.39 is 5.54 Å². The molecule has 1 aliphatic rings. The summed E-state index contributed by atoms with van der Waals surface area (Å²) in [5, 5.41) is 9.32. The fourth-order valence-electron chi connectivity index (χ4n) is 2.94. The van der Waals surface area contributed by atoms with Crippen LogP contribution in [-0.2, 0) is 21.5 Å². The quantitative estimate of drug-likeness (QED) is 0.798. The zero-order chi connectivity index (χ0) is 15.0. The van der Waals surface area contributed by atoms with Crippen LogP contribution < -0.4 is 0 Å². The monoisotopic (exact) mass is 301 g/mol. The van der Waals surface area contributed by atoms with E-state index in [0.717, 1.165) is 5.69 Å². The van der Waals surface area contributed by atoms with Crippen LogP contribution in [0.1, 0.15) is 23.2 Å². The molecule has 1 aromatic heterocycles. The van der Waals surface area contributed by atoms with Gasteiger partial charge in [0.25, 0.3) is 0 Å². The first-order valence-electron chi connectivity index (χ1n) is 6.43. The Morgan fingerprint density at radius 1 is 1.57 bits per heavy atom. The van der Waals surface area contributed by atoms with Crippen molar-refractivity contribution >= 4 is 17.6 Å². The minimum Gasteiger partial charge on any atom is -0.467 e. The summed E-state index contributed by atoms with van der Waals surface area (Å²) in [4.78, 5) is 16.6. The van der Waals surface area contributed by atoms with Gasteiger partial charge in [-0.05, 0) is 25.0 Å². The number of methoxy groups -OCH3 is 1. The molecule has 0 saturated carbocycles. The molecule has 0 spiro atoms. The zero-order valence-corrected chi connectivity index (χ0v) is 12.1. The Morgan fingerprint density at radius 2 is 2.38 bits per heavy atom. The molecule has 0 aliphatic carbocycles. The Balaban J connectivity index is 2.24. The lowest BCUT2D eigenvalue weighted by Crippen LogP contribution is -2.41. The highest BCUT2D eigenvalue weighted by Gasteiger charge is 2.49. The van der Waals surface area contributed by atoms with Gasteiger partial charge < -0.3 is 9.30 Å². The highest BCUT2D eigenvalue weighted by Crippen LogP contribution is 2.42. The van der Waals surface area contributed by atoms with Crippen LogP contribution in [0.15, 0.2) is 30.7 Å². The normalized spacial score (nSPS) is 19.9. The molecule has 5 nitrogen and oxygen atoms in total. The zero-order valence-electron chi connectivity index (χ0n) is 11.3. The third-order valence-corrected chi connectivity index (χ3v) is 4.25. The Kier molecular flexibility index (Phi) is 3.19. The fraction of sp³-hybridized carbons (Fsp3) is 0.267. The number of nitrogens with zero attached hydrogens (tertiary/aromatic N) is 3. The van der Waals surface area contributed by atoms with Gasteiger partial charge in [0.1, 0.15) is 0 Å². The van der Waals surface area contributed by atoms with Crippen molar-refractivity contribution in [1.29, 1.82) is 5.26 Å². The summed E-state index contributed by atoms with van der Waals surface area (Å²) in [6, 6.07) is 6.97. The number of aryl methyl sites for hydroxylation is 1. The summed E-state index contributed by atoms with van der Waals surface area (Å²) in [7, 11) is 1.36. The molecule has 3 rings (SSSR count). The van der Waals surface area contributed by atoms with Gasteiger partial charge in [-0.3, -0.25) is 0 Å². The molecule has 0 amide bonds. The van der Waals surface area contributed by atoms with Crippen LogP contribution in [0.5, 0.6) is 0 Å². The van der Waals surface area contributed by atoms with Crippen molar-refractivity contribution in [2.75, 3.05) is 7.11 Å². The molecule has 1 aromatic carbocycles. The van der Waals surface area contributed by atoms with Gasteiger partial charge in [-0.1, -0.05) is 17.7 Å². The van der Waals surface area contributed by atoms with E-state index in [-0.39, 0.29) is 5.97 Å². The topological polar surface area (TPSA) is 67.9 Å². The summed E-state index contributed by atoms with van der Waals surface area (Å²) >= 11 is 6.32. The third kappa shape index (κ3) is 1.83. The number of fused-ring (bicyclic) bond motifs is 1. The molecule has 21 heavy (non-hydrogen) atoms. The molecule has 0 fully saturated rings. The van der Waals surface area contributed by atoms with Crippen LogP contribution in [0.2, 0.25) is 5.02 Å². The van der Waals surface area contributed by atoms with E-state index in [1.807, 2.05) is 10.6 Å². The fourth-order valence-corrected chi connectivity index (χ4v) is 3.28. The third-order valence-electron chi connectivity index (χ3n) is 3.94. The molecule has 0 N–H and O–H groups in total. The van der Waals surface area contributed by atoms with Gasteiger partial charge in [-0.15, -0.1) is 0 Å². The van der Waals surface area contributed by atoms with E-state index in [2.05, 4.69) is 4.98 Å². The molecule has 1 aliphatic heterocycles. The highest BCUT2D eigenvalue weighted by molar-refractivity contribution is 6.31. The Labute approximate surface area is 126 Å². The number of rotatable bonds is 2. The van der Waals surface area contributed by atoms with Crippen LogP contribution in [0.4, 0.5) is 0 Å². The summed E-state index contributed by atoms with van der Waals surface area (Å²) in [6.45, 7) is 0. The van der Waals surface area contributed by atoms with E-state index in [9.17, 15) is 4.79 Å². The second kappa shape index (κ2) is 4.90. The van der Waals surface area contributed by atoms with Crippen molar-refractivity contribution in [3.05, 3.63) is 52.6 Å². The van der Waals surface area contributed by atoms with Crippen LogP contribution in [0.25, 0.3) is 0 Å². The number of imidazole rings is 1. The highest BCUT2D eigenvalue weighted by atomic mass is 35.5. The number of aromatic nitrogens is 2. The average molecular weight is 302 g/mol. The first-order chi connectivity index (χ1) is 10.1. The van der Waals surface area contributed by atoms with Gasteiger partial charge in [-0.25, -0.2) is 9.78 Å². The van der Waals surface area contributed by atoms with E-state index in [1.54, 1.807) is 30.7 Å². The summed E-state index contributed by atoms with van der Waals surface area (Å²) in [5.74, 6) is -0.383. The predicted molar refractivity (Wildman–Crippen MR) is 75.8 cm³/mol. The van der Waals surface area contributed by atoms with E-state index in [1.165, 1.54) is 7.11 Å². The van der Waals surface area contributed by atoms with Gasteiger partial charge in [0.05, 0.1) is 25.1 Å². The largest absolute Gasteiger partial charge is 0.467 e. The van der Waals surface area contributed by atoms with Gasteiger partial charge >= 0.3 is 5.97 Å². The molecule has 0 unspecified atom stereocenters. The molecule has 6 heteroatoms. The number of carbonyl (C=O) groups is 1. The van der Waals surface area contributed by atoms with Crippen LogP contribution in [0.3, 0.4) is 0 Å². The standard InChI is InChI=1S/C15H12ClN3O2/c1-21-14(20)15(5-4-11-8-18-9-19(11)15)12-3-2-10(7-17)6-13(12)16/h2-3,6,8-9H,4-5H2,1H3/t15-/m0/s1. The lowest BCUT2D eigenvalue weighted by atomic mass is 9.87. The molecule has 0 saturated heterocycles. The number of halogens is 1. The second-order valence-corrected chi connectivity index (χ2v) is 5.32. The smallest absolute Gasteiger partial charge is 0.336 e. The molecule has 106 valence electrons. The van der Waals surface area contributed by atoms with Crippen molar-refractivity contribution in [3.8, 4) is 6.07 Å². The van der Waals surface area contributed by atoms with Gasteiger partial charge in [0.2, 0.25) is 0 Å². The maximum absolute atomic E-state index is 12.5. The van der Waals surface area contributed by atoms with Crippen molar-refractivity contribution in [2.24, 2.45) is 0 Å². The average Bonchev–Trinajstić information content (AvgIpc) is 3.09.